The molecule has 1 heterocycles. The van der Waals surface area contributed by atoms with E-state index in [9.17, 15) is 0 Å². The molecular formula is C17H29N3. The van der Waals surface area contributed by atoms with Crippen molar-refractivity contribution in [1.82, 2.24) is 10.2 Å². The number of fused-ring (bicyclic) bond motifs is 1. The fraction of sp³-hybridized carbons (Fsp3) is 0.765. The Hall–Kier alpha value is -1.12. The molecule has 0 fully saturated rings. The van der Waals surface area contributed by atoms with Crippen molar-refractivity contribution in [1.29, 1.82) is 0 Å². The molecule has 0 saturated carbocycles. The molecule has 3 nitrogen and oxygen atoms in total. The molecule has 0 atom stereocenters. The van der Waals surface area contributed by atoms with Gasteiger partial charge in [0, 0.05) is 6.54 Å². The standard InChI is InChI=1S/C17H29N3/c1-2-13-18-17-14-15-11-9-7-5-3-4-6-8-10-12-16(15)19-20-17/h14H,2-13H2,1H3,(H,18,20). The molecule has 0 radical (unpaired) electrons. The van der Waals surface area contributed by atoms with Crippen LogP contribution < -0.4 is 5.32 Å². The lowest BCUT2D eigenvalue weighted by Gasteiger charge is -2.12. The molecule has 1 N–H and O–H groups in total. The summed E-state index contributed by atoms with van der Waals surface area (Å²) >= 11 is 0. The highest BCUT2D eigenvalue weighted by atomic mass is 15.2. The molecule has 1 aromatic rings. The van der Waals surface area contributed by atoms with Crippen LogP contribution >= 0.6 is 0 Å². The Morgan fingerprint density at radius 1 is 0.900 bits per heavy atom. The molecule has 0 aromatic carbocycles. The number of nitrogens with one attached hydrogen (secondary N) is 1. The summed E-state index contributed by atoms with van der Waals surface area (Å²) in [6, 6.07) is 2.24. The summed E-state index contributed by atoms with van der Waals surface area (Å²) in [4.78, 5) is 0. The van der Waals surface area contributed by atoms with E-state index >= 15 is 0 Å². The van der Waals surface area contributed by atoms with Gasteiger partial charge < -0.3 is 5.32 Å². The van der Waals surface area contributed by atoms with E-state index in [0.29, 0.717) is 0 Å². The van der Waals surface area contributed by atoms with Crippen molar-refractivity contribution >= 4 is 5.82 Å². The maximum Gasteiger partial charge on any atom is 0.148 e. The molecule has 0 unspecified atom stereocenters. The molecule has 20 heavy (non-hydrogen) atoms. The summed E-state index contributed by atoms with van der Waals surface area (Å²) in [7, 11) is 0. The molecule has 0 aliphatic heterocycles. The van der Waals surface area contributed by atoms with Crippen molar-refractivity contribution in [3.05, 3.63) is 17.3 Å². The molecular weight excluding hydrogens is 246 g/mol. The molecule has 1 aliphatic rings. The predicted octanol–water partition coefficient (Wildman–Crippen LogP) is 4.52. The topological polar surface area (TPSA) is 37.8 Å². The van der Waals surface area contributed by atoms with Gasteiger partial charge in [-0.25, -0.2) is 0 Å². The zero-order valence-electron chi connectivity index (χ0n) is 13.0. The molecule has 1 aliphatic carbocycles. The second-order valence-corrected chi connectivity index (χ2v) is 5.96. The maximum absolute atomic E-state index is 4.49. The predicted molar refractivity (Wildman–Crippen MR) is 85.2 cm³/mol. The van der Waals surface area contributed by atoms with Crippen molar-refractivity contribution in [2.75, 3.05) is 11.9 Å². The summed E-state index contributed by atoms with van der Waals surface area (Å²) < 4.78 is 0. The van der Waals surface area contributed by atoms with Crippen LogP contribution in [-0.2, 0) is 12.8 Å². The molecule has 2 rings (SSSR count). The molecule has 0 spiro atoms. The van der Waals surface area contributed by atoms with Crippen molar-refractivity contribution in [2.45, 2.75) is 77.6 Å². The number of anilines is 1. The number of aromatic nitrogens is 2. The van der Waals surface area contributed by atoms with E-state index < -0.39 is 0 Å². The number of aryl methyl sites for hydroxylation is 2. The number of hydrogen-bond donors (Lipinski definition) is 1. The Labute approximate surface area is 123 Å². The Morgan fingerprint density at radius 3 is 2.25 bits per heavy atom. The second-order valence-electron chi connectivity index (χ2n) is 5.96. The summed E-state index contributed by atoms with van der Waals surface area (Å²) in [5.41, 5.74) is 2.67. The van der Waals surface area contributed by atoms with Crippen molar-refractivity contribution in [3.63, 3.8) is 0 Å². The van der Waals surface area contributed by atoms with Crippen LogP contribution in [0, 0.1) is 0 Å². The minimum atomic E-state index is 0.956. The molecule has 112 valence electrons. The molecule has 1 aromatic heterocycles. The zero-order valence-corrected chi connectivity index (χ0v) is 13.0. The van der Waals surface area contributed by atoms with Crippen LogP contribution in [0.25, 0.3) is 0 Å². The van der Waals surface area contributed by atoms with E-state index in [1.54, 1.807) is 0 Å². The second kappa shape index (κ2) is 8.93. The van der Waals surface area contributed by atoms with E-state index in [4.69, 9.17) is 0 Å². The third-order valence-electron chi connectivity index (χ3n) is 4.13. The quantitative estimate of drug-likeness (QED) is 0.881. The van der Waals surface area contributed by atoms with Crippen LogP contribution in [0.5, 0.6) is 0 Å². The summed E-state index contributed by atoms with van der Waals surface area (Å²) in [6.07, 6.45) is 14.3. The van der Waals surface area contributed by atoms with Gasteiger partial charge in [0.2, 0.25) is 0 Å². The van der Waals surface area contributed by atoms with E-state index in [-0.39, 0.29) is 0 Å². The zero-order chi connectivity index (χ0) is 14.0. The smallest absolute Gasteiger partial charge is 0.148 e. The van der Waals surface area contributed by atoms with Crippen LogP contribution in [-0.4, -0.2) is 16.7 Å². The average molecular weight is 275 g/mol. The fourth-order valence-corrected chi connectivity index (χ4v) is 2.89. The van der Waals surface area contributed by atoms with Gasteiger partial charge >= 0.3 is 0 Å². The lowest BCUT2D eigenvalue weighted by Crippen LogP contribution is -2.08. The first kappa shape index (κ1) is 15.3. The lowest BCUT2D eigenvalue weighted by atomic mass is 9.99. The Kier molecular flexibility index (Phi) is 6.82. The molecule has 0 amide bonds. The first-order valence-electron chi connectivity index (χ1n) is 8.49. The molecule has 3 heteroatoms. The molecule has 0 bridgehead atoms. The van der Waals surface area contributed by atoms with E-state index in [1.807, 2.05) is 0 Å². The van der Waals surface area contributed by atoms with Gasteiger partial charge in [0.15, 0.2) is 0 Å². The van der Waals surface area contributed by atoms with Gasteiger partial charge in [-0.2, -0.15) is 5.10 Å². The van der Waals surface area contributed by atoms with Crippen LogP contribution in [0.1, 0.15) is 76.0 Å². The summed E-state index contributed by atoms with van der Waals surface area (Å²) in [5.74, 6) is 0.956. The van der Waals surface area contributed by atoms with Gasteiger partial charge in [0.25, 0.3) is 0 Å². The SMILES string of the molecule is CCCNc1cc2c(nn1)CCCCCCCCCC2. The van der Waals surface area contributed by atoms with Crippen molar-refractivity contribution < 1.29 is 0 Å². The minimum absolute atomic E-state index is 0.956. The summed E-state index contributed by atoms with van der Waals surface area (Å²) in [5, 5.41) is 12.2. The van der Waals surface area contributed by atoms with E-state index in [1.165, 1.54) is 69.0 Å². The average Bonchev–Trinajstić information content (AvgIpc) is 2.46. The number of rotatable bonds is 3. The highest BCUT2D eigenvalue weighted by molar-refractivity contribution is 5.38. The van der Waals surface area contributed by atoms with Crippen LogP contribution in [0.4, 0.5) is 5.82 Å². The monoisotopic (exact) mass is 275 g/mol. The third kappa shape index (κ3) is 5.10. The maximum atomic E-state index is 4.49. The van der Waals surface area contributed by atoms with Gasteiger partial charge in [-0.3, -0.25) is 0 Å². The van der Waals surface area contributed by atoms with Crippen molar-refractivity contribution in [3.8, 4) is 0 Å². The fourth-order valence-electron chi connectivity index (χ4n) is 2.89. The van der Waals surface area contributed by atoms with Crippen LogP contribution in [0.3, 0.4) is 0 Å². The minimum Gasteiger partial charge on any atom is -0.369 e. The van der Waals surface area contributed by atoms with E-state index in [2.05, 4.69) is 28.5 Å². The number of nitrogens with zero attached hydrogens (tertiary/aromatic N) is 2. The molecule has 0 saturated heterocycles. The normalized spacial score (nSPS) is 17.6. The first-order valence-corrected chi connectivity index (χ1v) is 8.49. The van der Waals surface area contributed by atoms with Gasteiger partial charge in [0.1, 0.15) is 5.82 Å². The Morgan fingerprint density at radius 2 is 1.55 bits per heavy atom. The van der Waals surface area contributed by atoms with Gasteiger partial charge in [-0.1, -0.05) is 45.4 Å². The lowest BCUT2D eigenvalue weighted by molar-refractivity contribution is 0.555. The van der Waals surface area contributed by atoms with E-state index in [0.717, 1.165) is 25.2 Å². The van der Waals surface area contributed by atoms with Gasteiger partial charge in [-0.05, 0) is 43.7 Å². The largest absolute Gasteiger partial charge is 0.369 e. The van der Waals surface area contributed by atoms with Gasteiger partial charge in [-0.15, -0.1) is 5.10 Å². The highest BCUT2D eigenvalue weighted by Crippen LogP contribution is 2.19. The highest BCUT2D eigenvalue weighted by Gasteiger charge is 2.08. The van der Waals surface area contributed by atoms with Crippen molar-refractivity contribution in [2.24, 2.45) is 0 Å². The summed E-state index contributed by atoms with van der Waals surface area (Å²) in [6.45, 7) is 3.15. The Balaban J connectivity index is 2.03. The third-order valence-corrected chi connectivity index (χ3v) is 4.13. The van der Waals surface area contributed by atoms with Gasteiger partial charge in [0.05, 0.1) is 5.69 Å². The first-order chi connectivity index (χ1) is 9.90. The van der Waals surface area contributed by atoms with Crippen LogP contribution in [0.15, 0.2) is 6.07 Å². The van der Waals surface area contributed by atoms with Crippen LogP contribution in [0.2, 0.25) is 0 Å². The number of hydrogen-bond acceptors (Lipinski definition) is 3. The Bertz CT molecular complexity index is 390.